The molecule has 0 aromatic heterocycles. The van der Waals surface area contributed by atoms with Crippen LogP contribution in [0.1, 0.15) is 65.9 Å². The minimum Gasteiger partial charge on any atom is -0.344 e. The van der Waals surface area contributed by atoms with Gasteiger partial charge in [0.2, 0.25) is 17.7 Å². The molecule has 0 bridgehead atoms. The molecule has 0 spiro atoms. The lowest BCUT2D eigenvalue weighted by Crippen LogP contribution is -2.59. The summed E-state index contributed by atoms with van der Waals surface area (Å²) < 4.78 is 0. The molecule has 0 saturated carbocycles. The molecule has 2 rings (SSSR count). The lowest BCUT2D eigenvalue weighted by atomic mass is 9.90. The summed E-state index contributed by atoms with van der Waals surface area (Å²) in [6.45, 7) is 10.1. The molecule has 176 valence electrons. The second kappa shape index (κ2) is 12.4. The predicted molar refractivity (Wildman–Crippen MR) is 127 cm³/mol. The molecule has 2 unspecified atom stereocenters. The fourth-order valence-corrected chi connectivity index (χ4v) is 4.16. The molecule has 3 amide bonds. The minimum absolute atomic E-state index is 0.0190. The van der Waals surface area contributed by atoms with Gasteiger partial charge in [-0.05, 0) is 30.2 Å². The van der Waals surface area contributed by atoms with Crippen LogP contribution in [0.15, 0.2) is 42.7 Å². The van der Waals surface area contributed by atoms with Gasteiger partial charge in [-0.25, -0.2) is 0 Å². The number of amides is 3. The second-order valence-corrected chi connectivity index (χ2v) is 8.94. The molecule has 0 aliphatic carbocycles. The lowest BCUT2D eigenvalue weighted by Gasteiger charge is -2.41. The second-order valence-electron chi connectivity index (χ2n) is 8.94. The number of hydrogen-bond acceptors (Lipinski definition) is 3. The van der Waals surface area contributed by atoms with Gasteiger partial charge in [-0.1, -0.05) is 77.3 Å². The van der Waals surface area contributed by atoms with Crippen molar-refractivity contribution in [3.63, 3.8) is 0 Å². The van der Waals surface area contributed by atoms with Crippen molar-refractivity contribution in [3.05, 3.63) is 48.3 Å². The first-order valence-electron chi connectivity index (χ1n) is 11.9. The van der Waals surface area contributed by atoms with Crippen molar-refractivity contribution in [3.8, 4) is 0 Å². The average molecular weight is 442 g/mol. The molecular weight excluding hydrogens is 402 g/mol. The highest BCUT2D eigenvalue weighted by Gasteiger charge is 2.41. The van der Waals surface area contributed by atoms with Gasteiger partial charge >= 0.3 is 0 Å². The van der Waals surface area contributed by atoms with E-state index in [-0.39, 0.29) is 29.6 Å². The van der Waals surface area contributed by atoms with Crippen LogP contribution >= 0.6 is 0 Å². The minimum atomic E-state index is -0.647. The van der Waals surface area contributed by atoms with Gasteiger partial charge in [-0.3, -0.25) is 14.4 Å². The third kappa shape index (κ3) is 6.68. The normalized spacial score (nSPS) is 18.9. The largest absolute Gasteiger partial charge is 0.344 e. The number of nitrogens with zero attached hydrogens (tertiary/aromatic N) is 2. The number of nitrogens with one attached hydrogen (secondary N) is 1. The van der Waals surface area contributed by atoms with Crippen LogP contribution in [0.25, 0.3) is 0 Å². The van der Waals surface area contributed by atoms with Crippen LogP contribution in [-0.2, 0) is 20.8 Å². The molecule has 0 radical (unpaired) electrons. The van der Waals surface area contributed by atoms with E-state index in [2.05, 4.69) is 24.4 Å². The van der Waals surface area contributed by atoms with Crippen LogP contribution in [0.3, 0.4) is 0 Å². The molecule has 0 saturated heterocycles. The van der Waals surface area contributed by atoms with Crippen LogP contribution in [0.4, 0.5) is 0 Å². The molecule has 1 aliphatic heterocycles. The van der Waals surface area contributed by atoms with Crippen LogP contribution in [0.5, 0.6) is 0 Å². The Morgan fingerprint density at radius 1 is 1.09 bits per heavy atom. The Morgan fingerprint density at radius 3 is 2.38 bits per heavy atom. The van der Waals surface area contributed by atoms with Crippen LogP contribution in [0, 0.1) is 11.8 Å². The Hall–Kier alpha value is -2.63. The topological polar surface area (TPSA) is 69.7 Å². The number of unbranched alkanes of at least 4 members (excludes halogenated alkanes) is 1. The van der Waals surface area contributed by atoms with Crippen LogP contribution in [-0.4, -0.2) is 46.1 Å². The quantitative estimate of drug-likeness (QED) is 0.562. The number of rotatable bonds is 11. The van der Waals surface area contributed by atoms with E-state index in [9.17, 15) is 14.4 Å². The first kappa shape index (κ1) is 25.6. The standard InChI is InChI=1S/C26H39N3O3/c1-6-8-12-20(4)24-26(32)28(16-15-22-13-10-9-11-14-22)17-18-29(24)25(31)23(19(3)7-2)27-21(5)30/h9-11,13-14,17-20,23-24H,6-8,12,15-16H2,1-5H3,(H,27,30)/t19?,20?,23-,24-/m1/s1. The number of hydrogen-bond donors (Lipinski definition) is 1. The molecule has 1 aliphatic rings. The molecule has 1 heterocycles. The van der Waals surface area contributed by atoms with Gasteiger partial charge in [0.15, 0.2) is 0 Å². The third-order valence-corrected chi connectivity index (χ3v) is 6.37. The SMILES string of the molecule is CCCCC(C)[C@@H]1C(=O)N(CCc2ccccc2)C=CN1C(=O)[C@H](NC(C)=O)C(C)CC. The van der Waals surface area contributed by atoms with Gasteiger partial charge < -0.3 is 15.1 Å². The summed E-state index contributed by atoms with van der Waals surface area (Å²) in [5, 5.41) is 2.81. The molecule has 1 N–H and O–H groups in total. The lowest BCUT2D eigenvalue weighted by molar-refractivity contribution is -0.148. The van der Waals surface area contributed by atoms with Gasteiger partial charge in [-0.15, -0.1) is 0 Å². The van der Waals surface area contributed by atoms with Crippen LogP contribution < -0.4 is 5.32 Å². The number of benzene rings is 1. The zero-order valence-electron chi connectivity index (χ0n) is 20.2. The summed E-state index contributed by atoms with van der Waals surface area (Å²) in [5.41, 5.74) is 1.17. The highest BCUT2D eigenvalue weighted by atomic mass is 16.2. The highest BCUT2D eigenvalue weighted by molar-refractivity contribution is 5.94. The van der Waals surface area contributed by atoms with E-state index in [1.807, 2.05) is 39.0 Å². The van der Waals surface area contributed by atoms with Gasteiger partial charge in [0.1, 0.15) is 12.1 Å². The monoisotopic (exact) mass is 441 g/mol. The zero-order valence-corrected chi connectivity index (χ0v) is 20.2. The number of carbonyl (C=O) groups is 3. The fourth-order valence-electron chi connectivity index (χ4n) is 4.16. The van der Waals surface area contributed by atoms with Crippen molar-refractivity contribution in [1.29, 1.82) is 0 Å². The molecule has 6 heteroatoms. The summed E-state index contributed by atoms with van der Waals surface area (Å²) in [4.78, 5) is 42.2. The Kier molecular flexibility index (Phi) is 9.95. The predicted octanol–water partition coefficient (Wildman–Crippen LogP) is 4.12. The first-order chi connectivity index (χ1) is 15.3. The van der Waals surface area contributed by atoms with Crippen LogP contribution in [0.2, 0.25) is 0 Å². The third-order valence-electron chi connectivity index (χ3n) is 6.37. The van der Waals surface area contributed by atoms with E-state index < -0.39 is 12.1 Å². The summed E-state index contributed by atoms with van der Waals surface area (Å²) in [7, 11) is 0. The maximum atomic E-state index is 13.5. The Labute approximate surface area is 193 Å². The molecule has 1 aromatic rings. The van der Waals surface area contributed by atoms with Crippen molar-refractivity contribution in [1.82, 2.24) is 15.1 Å². The Bertz CT molecular complexity index is 793. The zero-order chi connectivity index (χ0) is 23.7. The van der Waals surface area contributed by atoms with Gasteiger partial charge in [0.05, 0.1) is 0 Å². The van der Waals surface area contributed by atoms with Crippen molar-refractivity contribution < 1.29 is 14.4 Å². The van der Waals surface area contributed by atoms with Gasteiger partial charge in [0, 0.05) is 25.9 Å². The smallest absolute Gasteiger partial charge is 0.250 e. The molecule has 6 nitrogen and oxygen atoms in total. The van der Waals surface area contributed by atoms with E-state index in [0.29, 0.717) is 6.54 Å². The first-order valence-corrected chi connectivity index (χ1v) is 11.9. The Morgan fingerprint density at radius 2 is 1.78 bits per heavy atom. The summed E-state index contributed by atoms with van der Waals surface area (Å²) in [6, 6.07) is 8.88. The molecule has 1 aromatic carbocycles. The summed E-state index contributed by atoms with van der Waals surface area (Å²) in [5.74, 6) is -0.513. The van der Waals surface area contributed by atoms with Gasteiger partial charge in [-0.2, -0.15) is 0 Å². The highest BCUT2D eigenvalue weighted by Crippen LogP contribution is 2.26. The van der Waals surface area contributed by atoms with E-state index in [0.717, 1.165) is 32.1 Å². The van der Waals surface area contributed by atoms with Crippen molar-refractivity contribution >= 4 is 17.7 Å². The van der Waals surface area contributed by atoms with E-state index in [4.69, 9.17) is 0 Å². The maximum absolute atomic E-state index is 13.5. The van der Waals surface area contributed by atoms with Crippen molar-refractivity contribution in [2.45, 2.75) is 78.8 Å². The van der Waals surface area contributed by atoms with Crippen molar-refractivity contribution in [2.24, 2.45) is 11.8 Å². The van der Waals surface area contributed by atoms with E-state index in [1.165, 1.54) is 12.5 Å². The molecule has 0 fully saturated rings. The fraction of sp³-hybridized carbons (Fsp3) is 0.577. The maximum Gasteiger partial charge on any atom is 0.250 e. The Balaban J connectivity index is 2.28. The summed E-state index contributed by atoms with van der Waals surface area (Å²) >= 11 is 0. The number of carbonyl (C=O) groups excluding carboxylic acids is 3. The average Bonchev–Trinajstić information content (AvgIpc) is 2.79. The molecule has 32 heavy (non-hydrogen) atoms. The molecule has 4 atom stereocenters. The van der Waals surface area contributed by atoms with Crippen molar-refractivity contribution in [2.75, 3.05) is 6.54 Å². The molecular formula is C26H39N3O3. The van der Waals surface area contributed by atoms with Gasteiger partial charge in [0.25, 0.3) is 0 Å². The van der Waals surface area contributed by atoms with E-state index >= 15 is 0 Å². The summed E-state index contributed by atoms with van der Waals surface area (Å²) in [6.07, 6.45) is 7.86. The van der Waals surface area contributed by atoms with E-state index in [1.54, 1.807) is 22.2 Å².